The average molecular weight is 312 g/mol. The van der Waals surface area contributed by atoms with E-state index in [1.807, 2.05) is 0 Å². The molecule has 2 aromatic carbocycles. The maximum atomic E-state index is 12.8. The highest BCUT2D eigenvalue weighted by Crippen LogP contribution is 2.43. The highest BCUT2D eigenvalue weighted by Gasteiger charge is 2.33. The molecule has 3 rings (SSSR count). The van der Waals surface area contributed by atoms with Gasteiger partial charge in [-0.15, -0.1) is 0 Å². The van der Waals surface area contributed by atoms with Crippen molar-refractivity contribution in [3.05, 3.63) is 70.8 Å². The smallest absolute Gasteiger partial charge is 0.0668 e. The fraction of sp³-hybridized carbons (Fsp3) is 0.400. The molecule has 116 valence electrons. The van der Waals surface area contributed by atoms with Crippen LogP contribution < -0.4 is 0 Å². The fourth-order valence-corrected chi connectivity index (χ4v) is 5.63. The number of fused-ring (bicyclic) bond motifs is 1. The second-order valence-electron chi connectivity index (χ2n) is 6.02. The summed E-state index contributed by atoms with van der Waals surface area (Å²) < 4.78 is 12.8. The molecule has 0 N–H and O–H groups in total. The topological polar surface area (TPSA) is 17.1 Å². The predicted molar refractivity (Wildman–Crippen MR) is 94.7 cm³/mol. The lowest BCUT2D eigenvalue weighted by Crippen LogP contribution is -2.25. The summed E-state index contributed by atoms with van der Waals surface area (Å²) in [5, 5.41) is 0.141. The number of benzene rings is 2. The second kappa shape index (κ2) is 6.78. The molecule has 1 heterocycles. The Bertz CT molecular complexity index is 677. The molecule has 3 atom stereocenters. The van der Waals surface area contributed by atoms with Crippen LogP contribution in [-0.2, 0) is 23.6 Å². The van der Waals surface area contributed by atoms with E-state index in [-0.39, 0.29) is 5.25 Å². The van der Waals surface area contributed by atoms with Crippen molar-refractivity contribution in [1.82, 2.24) is 0 Å². The quantitative estimate of drug-likeness (QED) is 0.793. The van der Waals surface area contributed by atoms with E-state index in [1.54, 1.807) is 0 Å². The van der Waals surface area contributed by atoms with E-state index in [2.05, 4.69) is 62.4 Å². The van der Waals surface area contributed by atoms with Crippen molar-refractivity contribution in [3.8, 4) is 0 Å². The van der Waals surface area contributed by atoms with Gasteiger partial charge in [0.25, 0.3) is 0 Å². The molecule has 22 heavy (non-hydrogen) atoms. The Morgan fingerprint density at radius 3 is 2.59 bits per heavy atom. The zero-order chi connectivity index (χ0) is 15.5. The van der Waals surface area contributed by atoms with E-state index in [4.69, 9.17) is 0 Å². The average Bonchev–Trinajstić information content (AvgIpc) is 2.58. The molecular weight excluding hydrogens is 288 g/mol. The Morgan fingerprint density at radius 2 is 1.82 bits per heavy atom. The third kappa shape index (κ3) is 2.77. The minimum Gasteiger partial charge on any atom is -0.259 e. The first kappa shape index (κ1) is 15.5. The number of hydrogen-bond acceptors (Lipinski definition) is 1. The SMILES string of the molecule is CCc1ccccc1C(CC)C1c2ccccc2CCS1=O. The van der Waals surface area contributed by atoms with E-state index in [9.17, 15) is 4.21 Å². The summed E-state index contributed by atoms with van der Waals surface area (Å²) in [6, 6.07) is 17.3. The summed E-state index contributed by atoms with van der Waals surface area (Å²) in [6.07, 6.45) is 3.01. The van der Waals surface area contributed by atoms with Crippen LogP contribution in [0.15, 0.2) is 48.5 Å². The van der Waals surface area contributed by atoms with Gasteiger partial charge in [-0.2, -0.15) is 0 Å². The van der Waals surface area contributed by atoms with Gasteiger partial charge in [0.05, 0.1) is 5.25 Å². The van der Waals surface area contributed by atoms with Crippen LogP contribution >= 0.6 is 0 Å². The Balaban J connectivity index is 2.09. The van der Waals surface area contributed by atoms with Crippen LogP contribution in [0.5, 0.6) is 0 Å². The summed E-state index contributed by atoms with van der Waals surface area (Å²) in [5.41, 5.74) is 5.49. The standard InChI is InChI=1S/C20H24OS/c1-3-15-9-5-7-11-18(15)17(4-2)20-19-12-8-6-10-16(19)13-14-22(20)21/h5-12,17,20H,3-4,13-14H2,1-2H3. The zero-order valence-electron chi connectivity index (χ0n) is 13.4. The van der Waals surface area contributed by atoms with Gasteiger partial charge < -0.3 is 0 Å². The molecular formula is C20H24OS. The van der Waals surface area contributed by atoms with E-state index in [0.717, 1.165) is 25.0 Å². The zero-order valence-corrected chi connectivity index (χ0v) is 14.2. The predicted octanol–water partition coefficient (Wildman–Crippen LogP) is 4.79. The van der Waals surface area contributed by atoms with Gasteiger partial charge in [-0.25, -0.2) is 0 Å². The molecule has 0 spiro atoms. The first-order chi connectivity index (χ1) is 10.8. The lowest BCUT2D eigenvalue weighted by atomic mass is 9.84. The summed E-state index contributed by atoms with van der Waals surface area (Å²) in [4.78, 5) is 0. The molecule has 0 radical (unpaired) electrons. The number of rotatable bonds is 4. The van der Waals surface area contributed by atoms with Crippen LogP contribution in [0.1, 0.15) is 53.7 Å². The molecule has 0 saturated carbocycles. The van der Waals surface area contributed by atoms with Gasteiger partial charge in [0.1, 0.15) is 0 Å². The maximum Gasteiger partial charge on any atom is 0.0668 e. The fourth-order valence-electron chi connectivity index (χ4n) is 3.73. The van der Waals surface area contributed by atoms with Gasteiger partial charge in [-0.1, -0.05) is 62.4 Å². The van der Waals surface area contributed by atoms with Crippen molar-refractivity contribution in [3.63, 3.8) is 0 Å². The van der Waals surface area contributed by atoms with Crippen LogP contribution in [0.3, 0.4) is 0 Å². The third-order valence-electron chi connectivity index (χ3n) is 4.86. The summed E-state index contributed by atoms with van der Waals surface area (Å²) in [7, 11) is -0.780. The Labute approximate surface area is 136 Å². The normalized spacial score (nSPS) is 22.1. The maximum absolute atomic E-state index is 12.8. The van der Waals surface area contributed by atoms with Gasteiger partial charge in [0, 0.05) is 22.5 Å². The Hall–Kier alpha value is -1.41. The van der Waals surface area contributed by atoms with Crippen LogP contribution in [0.4, 0.5) is 0 Å². The summed E-state index contributed by atoms with van der Waals surface area (Å²) in [6.45, 7) is 4.43. The summed E-state index contributed by atoms with van der Waals surface area (Å²) >= 11 is 0. The monoisotopic (exact) mass is 312 g/mol. The molecule has 0 saturated heterocycles. The minimum atomic E-state index is -0.780. The highest BCUT2D eigenvalue weighted by atomic mass is 32.2. The molecule has 2 aromatic rings. The van der Waals surface area contributed by atoms with Gasteiger partial charge in [0.15, 0.2) is 0 Å². The van der Waals surface area contributed by atoms with E-state index in [1.165, 1.54) is 22.3 Å². The first-order valence-electron chi connectivity index (χ1n) is 8.29. The largest absolute Gasteiger partial charge is 0.259 e. The molecule has 0 bridgehead atoms. The molecule has 2 heteroatoms. The lowest BCUT2D eigenvalue weighted by molar-refractivity contribution is 0.597. The number of hydrogen-bond donors (Lipinski definition) is 0. The van der Waals surface area contributed by atoms with Crippen LogP contribution in [0, 0.1) is 0 Å². The van der Waals surface area contributed by atoms with Crippen molar-refractivity contribution < 1.29 is 4.21 Å². The molecule has 1 aliphatic heterocycles. The van der Waals surface area contributed by atoms with E-state index >= 15 is 0 Å². The Kier molecular flexibility index (Phi) is 4.77. The minimum absolute atomic E-state index is 0.141. The Morgan fingerprint density at radius 1 is 1.09 bits per heavy atom. The lowest BCUT2D eigenvalue weighted by Gasteiger charge is -2.32. The van der Waals surface area contributed by atoms with Crippen molar-refractivity contribution >= 4 is 10.8 Å². The molecule has 1 aliphatic rings. The van der Waals surface area contributed by atoms with Gasteiger partial charge in [-0.3, -0.25) is 4.21 Å². The van der Waals surface area contributed by atoms with Gasteiger partial charge >= 0.3 is 0 Å². The third-order valence-corrected chi connectivity index (χ3v) is 6.61. The molecule has 3 unspecified atom stereocenters. The van der Waals surface area contributed by atoms with Gasteiger partial charge in [-0.05, 0) is 41.5 Å². The van der Waals surface area contributed by atoms with Crippen LogP contribution in [0.25, 0.3) is 0 Å². The van der Waals surface area contributed by atoms with Crippen molar-refractivity contribution in [2.45, 2.75) is 44.3 Å². The van der Waals surface area contributed by atoms with Gasteiger partial charge in [0.2, 0.25) is 0 Å². The molecule has 1 nitrogen and oxygen atoms in total. The van der Waals surface area contributed by atoms with E-state index < -0.39 is 10.8 Å². The van der Waals surface area contributed by atoms with E-state index in [0.29, 0.717) is 5.92 Å². The second-order valence-corrected chi connectivity index (χ2v) is 7.70. The molecule has 0 aliphatic carbocycles. The van der Waals surface area contributed by atoms with Crippen molar-refractivity contribution in [2.24, 2.45) is 0 Å². The van der Waals surface area contributed by atoms with Crippen molar-refractivity contribution in [2.75, 3.05) is 5.75 Å². The first-order valence-corrected chi connectivity index (χ1v) is 9.67. The molecule has 0 fully saturated rings. The highest BCUT2D eigenvalue weighted by molar-refractivity contribution is 7.85. The van der Waals surface area contributed by atoms with Crippen LogP contribution in [-0.4, -0.2) is 9.96 Å². The van der Waals surface area contributed by atoms with Crippen LogP contribution in [0.2, 0.25) is 0 Å². The number of aryl methyl sites for hydroxylation is 2. The molecule has 0 aromatic heterocycles. The molecule has 0 amide bonds. The van der Waals surface area contributed by atoms with Crippen molar-refractivity contribution in [1.29, 1.82) is 0 Å². The summed E-state index contributed by atoms with van der Waals surface area (Å²) in [5.74, 6) is 1.14.